The fraction of sp³-hybridized carbons (Fsp3) is 0.818. The van der Waals surface area contributed by atoms with Crippen molar-refractivity contribution in [1.29, 1.82) is 0 Å². The van der Waals surface area contributed by atoms with Gasteiger partial charge in [-0.25, -0.2) is 4.79 Å². The van der Waals surface area contributed by atoms with Crippen molar-refractivity contribution in [2.45, 2.75) is 25.7 Å². The Labute approximate surface area is 89.6 Å². The van der Waals surface area contributed by atoms with E-state index in [4.69, 9.17) is 4.74 Å². The molecule has 0 bridgehead atoms. The Balaban J connectivity index is 1.95. The number of rotatable bonds is 0. The van der Waals surface area contributed by atoms with Gasteiger partial charge in [0.25, 0.3) is 0 Å². The smallest absolute Gasteiger partial charge is 0.409 e. The Morgan fingerprint density at radius 1 is 1.40 bits per heavy atom. The maximum Gasteiger partial charge on any atom is 0.409 e. The van der Waals surface area contributed by atoms with E-state index in [9.17, 15) is 9.59 Å². The fourth-order valence-corrected chi connectivity index (χ4v) is 2.71. The number of piperidine rings is 1. The average molecular weight is 211 g/mol. The molecule has 0 spiro atoms. The molecule has 1 aliphatic heterocycles. The molecule has 0 radical (unpaired) electrons. The van der Waals surface area contributed by atoms with Crippen LogP contribution in [0.4, 0.5) is 4.79 Å². The van der Waals surface area contributed by atoms with Crippen LogP contribution >= 0.6 is 0 Å². The van der Waals surface area contributed by atoms with Crippen molar-refractivity contribution in [3.05, 3.63) is 0 Å². The van der Waals surface area contributed by atoms with Gasteiger partial charge in [0.05, 0.1) is 7.11 Å². The van der Waals surface area contributed by atoms with E-state index in [0.717, 1.165) is 32.4 Å². The third-order valence-electron chi connectivity index (χ3n) is 3.61. The minimum absolute atomic E-state index is 0.231. The highest BCUT2D eigenvalue weighted by Crippen LogP contribution is 2.34. The van der Waals surface area contributed by atoms with Crippen LogP contribution in [0.1, 0.15) is 25.7 Å². The number of methoxy groups -OCH3 is 1. The summed E-state index contributed by atoms with van der Waals surface area (Å²) in [6.07, 6.45) is 3.07. The van der Waals surface area contributed by atoms with Gasteiger partial charge in [-0.15, -0.1) is 0 Å². The molecule has 0 N–H and O–H groups in total. The predicted molar refractivity (Wildman–Crippen MR) is 54.4 cm³/mol. The Kier molecular flexibility index (Phi) is 2.93. The fourth-order valence-electron chi connectivity index (χ4n) is 2.71. The molecule has 1 amide bonds. The van der Waals surface area contributed by atoms with Crippen molar-refractivity contribution in [2.24, 2.45) is 11.8 Å². The molecule has 4 nitrogen and oxygen atoms in total. The molecule has 2 atom stereocenters. The lowest BCUT2D eigenvalue weighted by atomic mass is 9.75. The Morgan fingerprint density at radius 2 is 2.20 bits per heavy atom. The van der Waals surface area contributed by atoms with Gasteiger partial charge in [-0.05, 0) is 24.7 Å². The number of hydrogen-bond acceptors (Lipinski definition) is 3. The number of carbonyl (C=O) groups excluding carboxylic acids is 2. The molecule has 84 valence electrons. The zero-order valence-electron chi connectivity index (χ0n) is 9.07. The van der Waals surface area contributed by atoms with Gasteiger partial charge in [0, 0.05) is 25.9 Å². The van der Waals surface area contributed by atoms with Crippen molar-refractivity contribution in [1.82, 2.24) is 4.90 Å². The van der Waals surface area contributed by atoms with Gasteiger partial charge in [-0.2, -0.15) is 0 Å². The molecular formula is C11H17NO3. The summed E-state index contributed by atoms with van der Waals surface area (Å²) in [5.41, 5.74) is 0. The molecule has 15 heavy (non-hydrogen) atoms. The van der Waals surface area contributed by atoms with Crippen molar-refractivity contribution >= 4 is 11.9 Å². The maximum absolute atomic E-state index is 11.3. The van der Waals surface area contributed by atoms with Crippen LogP contribution in [0, 0.1) is 11.8 Å². The highest BCUT2D eigenvalue weighted by atomic mass is 16.5. The first-order chi connectivity index (χ1) is 7.20. The van der Waals surface area contributed by atoms with Crippen molar-refractivity contribution in [2.75, 3.05) is 20.2 Å². The molecule has 2 fully saturated rings. The van der Waals surface area contributed by atoms with E-state index in [-0.39, 0.29) is 6.09 Å². The predicted octanol–water partition coefficient (Wildman–Crippen LogP) is 1.44. The number of Topliss-reactive ketones (excluding diaryl/α,β-unsaturated/α-hetero) is 1. The van der Waals surface area contributed by atoms with E-state index in [0.29, 0.717) is 24.0 Å². The SMILES string of the molecule is COC(=O)N1CC[C@H]2CC(=O)CC[C@H]2C1. The normalized spacial score (nSPS) is 31.0. The molecular weight excluding hydrogens is 194 g/mol. The largest absolute Gasteiger partial charge is 0.453 e. The van der Waals surface area contributed by atoms with E-state index in [1.807, 2.05) is 0 Å². The van der Waals surface area contributed by atoms with E-state index in [1.54, 1.807) is 4.90 Å². The van der Waals surface area contributed by atoms with Crippen molar-refractivity contribution < 1.29 is 14.3 Å². The summed E-state index contributed by atoms with van der Waals surface area (Å²) in [6.45, 7) is 1.51. The molecule has 1 heterocycles. The standard InChI is InChI=1S/C11H17NO3/c1-15-11(14)12-5-4-8-6-10(13)3-2-9(8)7-12/h8-9H,2-7H2,1H3/t8-,9-/m0/s1. The summed E-state index contributed by atoms with van der Waals surface area (Å²) in [7, 11) is 1.42. The lowest BCUT2D eigenvalue weighted by Crippen LogP contribution is -2.45. The van der Waals surface area contributed by atoms with Gasteiger partial charge < -0.3 is 9.64 Å². The average Bonchev–Trinajstić information content (AvgIpc) is 2.27. The molecule has 0 unspecified atom stereocenters. The second-order valence-corrected chi connectivity index (χ2v) is 4.51. The number of fused-ring (bicyclic) bond motifs is 1. The molecule has 1 saturated carbocycles. The van der Waals surface area contributed by atoms with E-state index in [1.165, 1.54) is 7.11 Å². The van der Waals surface area contributed by atoms with E-state index < -0.39 is 0 Å². The van der Waals surface area contributed by atoms with Crippen LogP contribution in [0.2, 0.25) is 0 Å². The van der Waals surface area contributed by atoms with E-state index >= 15 is 0 Å². The van der Waals surface area contributed by atoms with Crippen LogP contribution in [0.3, 0.4) is 0 Å². The Hall–Kier alpha value is -1.06. The van der Waals surface area contributed by atoms with Crippen LogP contribution in [0.25, 0.3) is 0 Å². The summed E-state index contributed by atoms with van der Waals surface area (Å²) in [5.74, 6) is 1.41. The number of hydrogen-bond donors (Lipinski definition) is 0. The molecule has 2 aliphatic rings. The first kappa shape index (κ1) is 10.5. The number of likely N-dealkylation sites (tertiary alicyclic amines) is 1. The lowest BCUT2D eigenvalue weighted by molar-refractivity contribution is -0.123. The summed E-state index contributed by atoms with van der Waals surface area (Å²) in [6, 6.07) is 0. The zero-order chi connectivity index (χ0) is 10.8. The molecule has 0 aromatic rings. The first-order valence-corrected chi connectivity index (χ1v) is 5.55. The van der Waals surface area contributed by atoms with Gasteiger partial charge in [0.15, 0.2) is 0 Å². The Bertz CT molecular complexity index is 277. The summed E-state index contributed by atoms with van der Waals surface area (Å²) < 4.78 is 4.71. The first-order valence-electron chi connectivity index (χ1n) is 5.55. The van der Waals surface area contributed by atoms with Crippen molar-refractivity contribution in [3.8, 4) is 0 Å². The van der Waals surface area contributed by atoms with E-state index in [2.05, 4.69) is 0 Å². The highest BCUT2D eigenvalue weighted by molar-refractivity contribution is 5.79. The van der Waals surface area contributed by atoms with Crippen LogP contribution in [0.15, 0.2) is 0 Å². The second kappa shape index (κ2) is 4.21. The summed E-state index contributed by atoms with van der Waals surface area (Å²) in [4.78, 5) is 24.4. The van der Waals surface area contributed by atoms with Gasteiger partial charge in [0.1, 0.15) is 5.78 Å². The van der Waals surface area contributed by atoms with Crippen LogP contribution in [-0.2, 0) is 9.53 Å². The molecule has 0 aromatic carbocycles. The second-order valence-electron chi connectivity index (χ2n) is 4.51. The van der Waals surface area contributed by atoms with Crippen molar-refractivity contribution in [3.63, 3.8) is 0 Å². The lowest BCUT2D eigenvalue weighted by Gasteiger charge is -2.39. The van der Waals surface area contributed by atoms with Gasteiger partial charge >= 0.3 is 6.09 Å². The number of nitrogens with zero attached hydrogens (tertiary/aromatic N) is 1. The van der Waals surface area contributed by atoms with Crippen LogP contribution in [-0.4, -0.2) is 37.0 Å². The van der Waals surface area contributed by atoms with Gasteiger partial charge in [-0.3, -0.25) is 4.79 Å². The molecule has 1 aliphatic carbocycles. The minimum Gasteiger partial charge on any atom is -0.453 e. The number of carbonyl (C=O) groups is 2. The third kappa shape index (κ3) is 2.13. The molecule has 1 saturated heterocycles. The van der Waals surface area contributed by atoms with Gasteiger partial charge in [0.2, 0.25) is 0 Å². The Morgan fingerprint density at radius 3 is 2.93 bits per heavy atom. The quantitative estimate of drug-likeness (QED) is 0.609. The summed E-state index contributed by atoms with van der Waals surface area (Å²) >= 11 is 0. The maximum atomic E-state index is 11.3. The highest BCUT2D eigenvalue weighted by Gasteiger charge is 2.35. The summed E-state index contributed by atoms with van der Waals surface area (Å²) in [5, 5.41) is 0. The zero-order valence-corrected chi connectivity index (χ0v) is 9.07. The van der Waals surface area contributed by atoms with Crippen LogP contribution < -0.4 is 0 Å². The number of amides is 1. The minimum atomic E-state index is -0.231. The van der Waals surface area contributed by atoms with Gasteiger partial charge in [-0.1, -0.05) is 0 Å². The monoisotopic (exact) mass is 211 g/mol. The third-order valence-corrected chi connectivity index (χ3v) is 3.61. The van der Waals surface area contributed by atoms with Crippen LogP contribution in [0.5, 0.6) is 0 Å². The molecule has 4 heteroatoms. The number of ketones is 1. The number of ether oxygens (including phenoxy) is 1. The topological polar surface area (TPSA) is 46.6 Å². The molecule has 2 rings (SSSR count). The molecule has 0 aromatic heterocycles.